The quantitative estimate of drug-likeness (QED) is 0.513. The molecule has 0 heterocycles. The third-order valence-corrected chi connectivity index (χ3v) is 4.43. The molecular weight excluding hydrogens is 188 g/mol. The van der Waals surface area contributed by atoms with Gasteiger partial charge in [-0.2, -0.15) is 0 Å². The first-order chi connectivity index (χ1) is 7.29. The summed E-state index contributed by atoms with van der Waals surface area (Å²) in [5.74, 6) is 2.29. The topological polar surface area (TPSA) is 26.3 Å². The van der Waals surface area contributed by atoms with Crippen LogP contribution in [-0.2, 0) is 9.53 Å². The third-order valence-electron chi connectivity index (χ3n) is 4.43. The SMILES string of the molecule is CCC(=O)OC1CCC2C3CC=C(C3)C12. The summed E-state index contributed by atoms with van der Waals surface area (Å²) in [6, 6.07) is 0. The van der Waals surface area contributed by atoms with Gasteiger partial charge >= 0.3 is 5.97 Å². The number of esters is 1. The molecule has 4 unspecified atom stereocenters. The summed E-state index contributed by atoms with van der Waals surface area (Å²) in [5.41, 5.74) is 1.59. The number of allylic oxidation sites excluding steroid dienone is 1. The van der Waals surface area contributed by atoms with Crippen LogP contribution in [0.4, 0.5) is 0 Å². The van der Waals surface area contributed by atoms with Crippen molar-refractivity contribution in [3.05, 3.63) is 11.6 Å². The van der Waals surface area contributed by atoms with Crippen LogP contribution in [0.25, 0.3) is 0 Å². The van der Waals surface area contributed by atoms with E-state index in [4.69, 9.17) is 4.74 Å². The highest BCUT2D eigenvalue weighted by Gasteiger charge is 2.50. The number of hydrogen-bond acceptors (Lipinski definition) is 2. The minimum Gasteiger partial charge on any atom is -0.462 e. The summed E-state index contributed by atoms with van der Waals surface area (Å²) in [5, 5.41) is 0. The zero-order valence-electron chi connectivity index (χ0n) is 9.24. The Morgan fingerprint density at radius 1 is 1.53 bits per heavy atom. The summed E-state index contributed by atoms with van der Waals surface area (Å²) in [6.45, 7) is 1.87. The van der Waals surface area contributed by atoms with Crippen LogP contribution in [0, 0.1) is 17.8 Å². The summed E-state index contributed by atoms with van der Waals surface area (Å²) in [4.78, 5) is 11.3. The normalized spacial score (nSPS) is 41.5. The van der Waals surface area contributed by atoms with Gasteiger partial charge in [0.1, 0.15) is 6.10 Å². The lowest BCUT2D eigenvalue weighted by Crippen LogP contribution is -2.25. The van der Waals surface area contributed by atoms with Gasteiger partial charge < -0.3 is 4.74 Å². The highest BCUT2D eigenvalue weighted by Crippen LogP contribution is 2.56. The van der Waals surface area contributed by atoms with E-state index in [0.717, 1.165) is 18.3 Å². The Balaban J connectivity index is 1.74. The molecule has 0 aromatic rings. The lowest BCUT2D eigenvalue weighted by molar-refractivity contribution is -0.150. The van der Waals surface area contributed by atoms with Gasteiger partial charge in [-0.25, -0.2) is 0 Å². The molecule has 2 saturated carbocycles. The lowest BCUT2D eigenvalue weighted by Gasteiger charge is -2.24. The number of carbonyl (C=O) groups is 1. The zero-order chi connectivity index (χ0) is 10.4. The van der Waals surface area contributed by atoms with Gasteiger partial charge in [-0.05, 0) is 37.5 Å². The molecule has 0 amide bonds. The Labute approximate surface area is 90.7 Å². The van der Waals surface area contributed by atoms with Crippen molar-refractivity contribution in [3.8, 4) is 0 Å². The van der Waals surface area contributed by atoms with Crippen LogP contribution in [0.5, 0.6) is 0 Å². The lowest BCUT2D eigenvalue weighted by atomic mass is 9.86. The molecule has 3 aliphatic rings. The number of carbonyl (C=O) groups excluding carboxylic acids is 1. The van der Waals surface area contributed by atoms with E-state index in [-0.39, 0.29) is 12.1 Å². The molecule has 0 aromatic carbocycles. The Bertz CT molecular complexity index is 318. The highest BCUT2D eigenvalue weighted by molar-refractivity contribution is 5.69. The molecule has 2 heteroatoms. The number of fused-ring (bicyclic) bond motifs is 5. The van der Waals surface area contributed by atoms with Crippen LogP contribution in [0.2, 0.25) is 0 Å². The molecule has 0 N–H and O–H groups in total. The predicted molar refractivity (Wildman–Crippen MR) is 57.2 cm³/mol. The fraction of sp³-hybridized carbons (Fsp3) is 0.769. The second kappa shape index (κ2) is 3.36. The third kappa shape index (κ3) is 1.34. The molecule has 3 rings (SSSR count). The number of rotatable bonds is 2. The van der Waals surface area contributed by atoms with E-state index in [1.54, 1.807) is 5.57 Å². The van der Waals surface area contributed by atoms with Crippen LogP contribution in [0.3, 0.4) is 0 Å². The van der Waals surface area contributed by atoms with Crippen molar-refractivity contribution in [2.45, 2.75) is 45.1 Å². The van der Waals surface area contributed by atoms with Gasteiger partial charge in [0.2, 0.25) is 0 Å². The Hall–Kier alpha value is -0.790. The molecule has 0 aliphatic heterocycles. The maximum atomic E-state index is 11.3. The summed E-state index contributed by atoms with van der Waals surface area (Å²) in [7, 11) is 0. The van der Waals surface area contributed by atoms with Crippen molar-refractivity contribution in [1.82, 2.24) is 0 Å². The van der Waals surface area contributed by atoms with E-state index >= 15 is 0 Å². The van der Waals surface area contributed by atoms with Gasteiger partial charge in [-0.15, -0.1) is 0 Å². The second-order valence-corrected chi connectivity index (χ2v) is 5.13. The van der Waals surface area contributed by atoms with E-state index in [1.165, 1.54) is 19.3 Å². The minimum absolute atomic E-state index is 0.0241. The molecule has 0 spiro atoms. The fourth-order valence-corrected chi connectivity index (χ4v) is 3.79. The van der Waals surface area contributed by atoms with E-state index in [0.29, 0.717) is 12.3 Å². The largest absolute Gasteiger partial charge is 0.462 e. The average Bonchev–Trinajstić information content (AvgIpc) is 2.89. The molecule has 82 valence electrons. The number of hydrogen-bond donors (Lipinski definition) is 0. The molecule has 4 atom stereocenters. The summed E-state index contributed by atoms with van der Waals surface area (Å²) < 4.78 is 5.55. The molecule has 3 aliphatic carbocycles. The first-order valence-electron chi connectivity index (χ1n) is 6.18. The van der Waals surface area contributed by atoms with E-state index < -0.39 is 0 Å². The molecular formula is C13H18O2. The molecule has 0 radical (unpaired) electrons. The van der Waals surface area contributed by atoms with Gasteiger partial charge in [0, 0.05) is 12.3 Å². The molecule has 0 saturated heterocycles. The van der Waals surface area contributed by atoms with E-state index in [1.807, 2.05) is 6.92 Å². The Kier molecular flexibility index (Phi) is 2.11. The monoisotopic (exact) mass is 206 g/mol. The van der Waals surface area contributed by atoms with Crippen molar-refractivity contribution in [2.24, 2.45) is 17.8 Å². The van der Waals surface area contributed by atoms with Crippen molar-refractivity contribution < 1.29 is 9.53 Å². The maximum Gasteiger partial charge on any atom is 0.305 e. The average molecular weight is 206 g/mol. The van der Waals surface area contributed by atoms with Crippen LogP contribution in [0.15, 0.2) is 11.6 Å². The Morgan fingerprint density at radius 3 is 3.20 bits per heavy atom. The van der Waals surface area contributed by atoms with Gasteiger partial charge in [-0.3, -0.25) is 4.79 Å². The van der Waals surface area contributed by atoms with Gasteiger partial charge in [0.15, 0.2) is 0 Å². The molecule has 0 aromatic heterocycles. The van der Waals surface area contributed by atoms with Crippen LogP contribution in [-0.4, -0.2) is 12.1 Å². The standard InChI is InChI=1S/C13H18O2/c1-2-12(14)15-11-6-5-10-8-3-4-9(7-8)13(10)11/h4,8,10-11,13H,2-3,5-7H2,1H3. The van der Waals surface area contributed by atoms with Crippen molar-refractivity contribution in [3.63, 3.8) is 0 Å². The van der Waals surface area contributed by atoms with Gasteiger partial charge in [-0.1, -0.05) is 18.6 Å². The van der Waals surface area contributed by atoms with E-state index in [9.17, 15) is 4.79 Å². The molecule has 15 heavy (non-hydrogen) atoms. The van der Waals surface area contributed by atoms with Gasteiger partial charge in [0.25, 0.3) is 0 Å². The zero-order valence-corrected chi connectivity index (χ0v) is 9.24. The fourth-order valence-electron chi connectivity index (χ4n) is 3.79. The van der Waals surface area contributed by atoms with Crippen molar-refractivity contribution in [1.29, 1.82) is 0 Å². The predicted octanol–water partition coefficient (Wildman–Crippen LogP) is 2.68. The molecule has 2 nitrogen and oxygen atoms in total. The second-order valence-electron chi connectivity index (χ2n) is 5.13. The first-order valence-corrected chi connectivity index (χ1v) is 6.18. The Morgan fingerprint density at radius 2 is 2.40 bits per heavy atom. The van der Waals surface area contributed by atoms with Crippen LogP contribution < -0.4 is 0 Å². The van der Waals surface area contributed by atoms with Crippen molar-refractivity contribution >= 4 is 5.97 Å². The smallest absolute Gasteiger partial charge is 0.305 e. The van der Waals surface area contributed by atoms with Crippen LogP contribution in [0.1, 0.15) is 39.0 Å². The van der Waals surface area contributed by atoms with Crippen molar-refractivity contribution in [2.75, 3.05) is 0 Å². The molecule has 2 bridgehead atoms. The highest BCUT2D eigenvalue weighted by atomic mass is 16.5. The molecule has 2 fully saturated rings. The van der Waals surface area contributed by atoms with Crippen LogP contribution >= 0.6 is 0 Å². The summed E-state index contributed by atoms with van der Waals surface area (Å²) in [6.07, 6.45) is 8.04. The number of ether oxygens (including phenoxy) is 1. The maximum absolute atomic E-state index is 11.3. The first kappa shape index (κ1) is 9.44. The minimum atomic E-state index is -0.0241. The van der Waals surface area contributed by atoms with Gasteiger partial charge in [0.05, 0.1) is 0 Å². The summed E-state index contributed by atoms with van der Waals surface area (Å²) >= 11 is 0. The van der Waals surface area contributed by atoms with E-state index in [2.05, 4.69) is 6.08 Å².